The zero-order valence-corrected chi connectivity index (χ0v) is 62.4. The lowest BCUT2D eigenvalue weighted by Gasteiger charge is -2.28. The van der Waals surface area contributed by atoms with Gasteiger partial charge in [0.25, 0.3) is 7.82 Å². The first kappa shape index (κ1) is 89.5. The predicted octanol–water partition coefficient (Wildman–Crippen LogP) is 25.7. The monoisotopic (exact) mass is 1310 g/mol. The van der Waals surface area contributed by atoms with Gasteiger partial charge < -0.3 is 27.9 Å². The summed E-state index contributed by atoms with van der Waals surface area (Å²) in [4.78, 5) is 38.2. The number of ether oxygens (including phenoxy) is 2. The van der Waals surface area contributed by atoms with Gasteiger partial charge in [-0.3, -0.25) is 14.2 Å². The highest BCUT2D eigenvalue weighted by Gasteiger charge is 2.22. The number of carbonyl (C=O) groups is 2. The van der Waals surface area contributed by atoms with E-state index in [9.17, 15) is 19.0 Å². The molecule has 0 aliphatic rings. The van der Waals surface area contributed by atoms with Gasteiger partial charge in [0.15, 0.2) is 6.10 Å². The summed E-state index contributed by atoms with van der Waals surface area (Å²) < 4.78 is 34.4. The van der Waals surface area contributed by atoms with Crippen molar-refractivity contribution < 1.29 is 42.1 Å². The van der Waals surface area contributed by atoms with Crippen molar-refractivity contribution >= 4 is 19.8 Å². The Morgan fingerprint density at radius 2 is 0.620 bits per heavy atom. The smallest absolute Gasteiger partial charge is 0.306 e. The number of phosphoric ester groups is 1. The van der Waals surface area contributed by atoms with Crippen molar-refractivity contribution in [3.05, 3.63) is 72.9 Å². The van der Waals surface area contributed by atoms with E-state index in [0.717, 1.165) is 70.6 Å². The normalized spacial score (nSPS) is 13.4. The van der Waals surface area contributed by atoms with Gasteiger partial charge in [-0.1, -0.05) is 363 Å². The van der Waals surface area contributed by atoms with Crippen molar-refractivity contribution in [1.82, 2.24) is 0 Å². The number of phosphoric acid groups is 1. The van der Waals surface area contributed by atoms with Gasteiger partial charge in [-0.15, -0.1) is 0 Å². The Bertz CT molecular complexity index is 1780. The molecule has 2 atom stereocenters. The van der Waals surface area contributed by atoms with Gasteiger partial charge in [0.2, 0.25) is 0 Å². The lowest BCUT2D eigenvalue weighted by Crippen LogP contribution is -2.37. The molecule has 0 aliphatic carbocycles. The largest absolute Gasteiger partial charge is 0.756 e. The van der Waals surface area contributed by atoms with E-state index in [4.69, 9.17) is 18.5 Å². The standard InChI is InChI=1S/C82H152NO8P/c1-6-8-10-12-14-16-18-20-22-24-26-28-30-32-34-36-38-39-40-41-42-43-45-46-48-50-52-54-56-58-60-62-64-66-68-70-72-74-81(84)88-78-80(79-90-92(86,87)89-77-76-83(3,4)5)91-82(85)75-73-71-69-67-65-63-61-59-57-55-53-51-49-47-44-37-35-33-31-29-27-25-23-21-19-17-15-13-11-9-7-2/h9,11,15,17,21,23-24,26-27,29,33,35,80H,6-8,10,12-14,16,18-20,22,25,28,30-32,34,36-79H2,1-5H3/b11-9-,17-15-,23-21-,26-24-,29-27-,35-33-. The van der Waals surface area contributed by atoms with E-state index in [1.807, 2.05) is 21.1 Å². The van der Waals surface area contributed by atoms with Crippen LogP contribution in [0.4, 0.5) is 0 Å². The molecular formula is C82H152NO8P. The first-order valence-corrected chi connectivity index (χ1v) is 41.1. The SMILES string of the molecule is CC/C=C\C/C=C\C/C=C\C/C=C\C/C=C\CCCCCCCCCCCCCCCCCC(=O)OC(COC(=O)CCCCCCCCCCCCCCCCCCCCCCCCCCC/C=C\CCCCCCCCCC)COP(=O)([O-])OCC[N+](C)(C)C. The fourth-order valence-electron chi connectivity index (χ4n) is 11.7. The molecule has 92 heavy (non-hydrogen) atoms. The fourth-order valence-corrected chi connectivity index (χ4v) is 12.4. The summed E-state index contributed by atoms with van der Waals surface area (Å²) in [6.07, 6.45) is 98.8. The van der Waals surface area contributed by atoms with Crippen molar-refractivity contribution in [2.24, 2.45) is 0 Å². The number of rotatable bonds is 74. The van der Waals surface area contributed by atoms with Gasteiger partial charge in [0.1, 0.15) is 19.8 Å². The molecule has 0 radical (unpaired) electrons. The second-order valence-electron chi connectivity index (χ2n) is 28.0. The average molecular weight is 1310 g/mol. The molecule has 10 heteroatoms. The summed E-state index contributed by atoms with van der Waals surface area (Å²) >= 11 is 0. The molecule has 9 nitrogen and oxygen atoms in total. The molecule has 0 saturated heterocycles. The average Bonchev–Trinajstić information content (AvgIpc) is 2.14. The summed E-state index contributed by atoms with van der Waals surface area (Å²) in [5.74, 6) is -0.816. The zero-order chi connectivity index (χ0) is 66.9. The summed E-state index contributed by atoms with van der Waals surface area (Å²) in [6.45, 7) is 4.19. The molecule has 0 aromatic heterocycles. The van der Waals surface area contributed by atoms with Crippen LogP contribution in [0.25, 0.3) is 0 Å². The molecule has 0 aliphatic heterocycles. The molecular weight excluding hydrogens is 1160 g/mol. The summed E-state index contributed by atoms with van der Waals surface area (Å²) in [6, 6.07) is 0. The Kier molecular flexibility index (Phi) is 70.7. The van der Waals surface area contributed by atoms with Crippen LogP contribution in [0.3, 0.4) is 0 Å². The van der Waals surface area contributed by atoms with Crippen LogP contribution >= 0.6 is 7.82 Å². The summed E-state index contributed by atoms with van der Waals surface area (Å²) in [7, 11) is 1.18. The Hall–Kier alpha value is -2.55. The Labute approximate surface area is 571 Å². The van der Waals surface area contributed by atoms with Gasteiger partial charge in [-0.05, 0) is 83.5 Å². The van der Waals surface area contributed by atoms with Crippen LogP contribution in [0.2, 0.25) is 0 Å². The van der Waals surface area contributed by atoms with Gasteiger partial charge >= 0.3 is 11.9 Å². The van der Waals surface area contributed by atoms with E-state index in [1.165, 1.54) is 283 Å². The third kappa shape index (κ3) is 76.5. The Balaban J connectivity index is 3.92. The van der Waals surface area contributed by atoms with E-state index in [-0.39, 0.29) is 32.0 Å². The molecule has 0 aromatic carbocycles. The van der Waals surface area contributed by atoms with E-state index in [0.29, 0.717) is 17.4 Å². The Morgan fingerprint density at radius 1 is 0.348 bits per heavy atom. The molecule has 0 rings (SSSR count). The van der Waals surface area contributed by atoms with Crippen LogP contribution in [0.1, 0.15) is 386 Å². The van der Waals surface area contributed by atoms with E-state index in [2.05, 4.69) is 86.8 Å². The number of carbonyl (C=O) groups excluding carboxylic acids is 2. The quantitative estimate of drug-likeness (QED) is 0.0195. The molecule has 0 bridgehead atoms. The molecule has 538 valence electrons. The zero-order valence-electron chi connectivity index (χ0n) is 61.5. The molecule has 0 aromatic rings. The van der Waals surface area contributed by atoms with Crippen LogP contribution in [0.5, 0.6) is 0 Å². The molecule has 0 N–H and O–H groups in total. The minimum absolute atomic E-state index is 0.0303. The highest BCUT2D eigenvalue weighted by atomic mass is 31.2. The van der Waals surface area contributed by atoms with Crippen molar-refractivity contribution in [3.8, 4) is 0 Å². The third-order valence-corrected chi connectivity index (χ3v) is 18.7. The second kappa shape index (κ2) is 72.7. The lowest BCUT2D eigenvalue weighted by atomic mass is 10.0. The molecule has 0 fully saturated rings. The van der Waals surface area contributed by atoms with E-state index in [1.54, 1.807) is 0 Å². The number of esters is 2. The number of hydrogen-bond donors (Lipinski definition) is 0. The number of hydrogen-bond acceptors (Lipinski definition) is 8. The van der Waals surface area contributed by atoms with E-state index < -0.39 is 26.5 Å². The first-order chi connectivity index (χ1) is 45.0. The number of likely N-dealkylation sites (N-methyl/N-ethyl adjacent to an activating group) is 1. The van der Waals surface area contributed by atoms with Crippen molar-refractivity contribution in [2.45, 2.75) is 392 Å². The minimum Gasteiger partial charge on any atom is -0.756 e. The van der Waals surface area contributed by atoms with Crippen LogP contribution in [0, 0.1) is 0 Å². The second-order valence-corrected chi connectivity index (χ2v) is 29.5. The van der Waals surface area contributed by atoms with Crippen molar-refractivity contribution in [2.75, 3.05) is 47.5 Å². The Morgan fingerprint density at radius 3 is 0.935 bits per heavy atom. The summed E-state index contributed by atoms with van der Waals surface area (Å²) in [5.41, 5.74) is 0. The maximum Gasteiger partial charge on any atom is 0.306 e. The van der Waals surface area contributed by atoms with Crippen LogP contribution in [0.15, 0.2) is 72.9 Å². The van der Waals surface area contributed by atoms with Crippen LogP contribution in [-0.4, -0.2) is 70.0 Å². The maximum atomic E-state index is 12.9. The molecule has 0 heterocycles. The third-order valence-electron chi connectivity index (χ3n) is 17.7. The number of nitrogens with zero attached hydrogens (tertiary/aromatic N) is 1. The summed E-state index contributed by atoms with van der Waals surface area (Å²) in [5, 5.41) is 0. The first-order valence-electron chi connectivity index (χ1n) is 39.6. The highest BCUT2D eigenvalue weighted by molar-refractivity contribution is 7.45. The number of allylic oxidation sites excluding steroid dienone is 12. The molecule has 2 unspecified atom stereocenters. The molecule has 0 saturated carbocycles. The topological polar surface area (TPSA) is 111 Å². The van der Waals surface area contributed by atoms with E-state index >= 15 is 0 Å². The van der Waals surface area contributed by atoms with Crippen molar-refractivity contribution in [3.63, 3.8) is 0 Å². The van der Waals surface area contributed by atoms with Crippen molar-refractivity contribution in [1.29, 1.82) is 0 Å². The predicted molar refractivity (Wildman–Crippen MR) is 397 cm³/mol. The highest BCUT2D eigenvalue weighted by Crippen LogP contribution is 2.38. The van der Waals surface area contributed by atoms with Gasteiger partial charge in [0.05, 0.1) is 27.7 Å². The number of quaternary nitrogens is 1. The molecule has 0 amide bonds. The van der Waals surface area contributed by atoms with Gasteiger partial charge in [0, 0.05) is 12.8 Å². The lowest BCUT2D eigenvalue weighted by molar-refractivity contribution is -0.870. The van der Waals surface area contributed by atoms with Gasteiger partial charge in [-0.2, -0.15) is 0 Å². The van der Waals surface area contributed by atoms with Crippen LogP contribution < -0.4 is 4.89 Å². The van der Waals surface area contributed by atoms with Crippen LogP contribution in [-0.2, 0) is 32.7 Å². The number of unbranched alkanes of at least 4 members (excludes halogenated alkanes) is 48. The van der Waals surface area contributed by atoms with Gasteiger partial charge in [-0.25, -0.2) is 0 Å². The maximum absolute atomic E-state index is 12.9. The molecule has 0 spiro atoms. The minimum atomic E-state index is -4.65. The fraction of sp³-hybridized carbons (Fsp3) is 0.829.